The van der Waals surface area contributed by atoms with Crippen molar-refractivity contribution in [2.75, 3.05) is 7.05 Å². The fraction of sp³-hybridized carbons (Fsp3) is 0.500. The second-order valence-corrected chi connectivity index (χ2v) is 6.24. The molecule has 2 heterocycles. The number of alkyl halides is 2. The molecular weight excluding hydrogens is 338 g/mol. The van der Waals surface area contributed by atoms with Crippen LogP contribution in [0.3, 0.4) is 0 Å². The number of halogens is 3. The molecule has 0 spiro atoms. The van der Waals surface area contributed by atoms with Gasteiger partial charge in [0.05, 0.1) is 11.3 Å². The quantitative estimate of drug-likeness (QED) is 0.825. The minimum atomic E-state index is -2.68. The fourth-order valence-electron chi connectivity index (χ4n) is 2.99. The Morgan fingerprint density at radius 3 is 2.96 bits per heavy atom. The van der Waals surface area contributed by atoms with Crippen LogP contribution in [0.4, 0.5) is 8.78 Å². The molecule has 2 atom stereocenters. The van der Waals surface area contributed by atoms with Crippen LogP contribution in [0.1, 0.15) is 32.2 Å². The van der Waals surface area contributed by atoms with E-state index in [1.165, 1.54) is 18.5 Å². The lowest BCUT2D eigenvalue weighted by atomic mass is 9.93. The molecule has 1 saturated carbocycles. The van der Waals surface area contributed by atoms with Gasteiger partial charge in [-0.05, 0) is 38.8 Å². The minimum Gasteiger partial charge on any atom is -0.489 e. The van der Waals surface area contributed by atoms with Crippen molar-refractivity contribution >= 4 is 11.6 Å². The van der Waals surface area contributed by atoms with E-state index in [-0.39, 0.29) is 6.10 Å². The predicted octanol–water partition coefficient (Wildman–Crippen LogP) is 3.90. The van der Waals surface area contributed by atoms with Crippen molar-refractivity contribution in [2.45, 2.75) is 44.4 Å². The molecule has 2 aromatic heterocycles. The highest BCUT2D eigenvalue weighted by atomic mass is 35.5. The first kappa shape index (κ1) is 17.1. The van der Waals surface area contributed by atoms with Crippen LogP contribution in [0.25, 0.3) is 11.3 Å². The number of nitrogens with one attached hydrogen (secondary N) is 1. The van der Waals surface area contributed by atoms with Crippen molar-refractivity contribution in [3.8, 4) is 17.0 Å². The number of aromatic nitrogens is 3. The molecule has 130 valence electrons. The van der Waals surface area contributed by atoms with Crippen LogP contribution in [0.5, 0.6) is 5.75 Å². The highest BCUT2D eigenvalue weighted by Gasteiger charge is 2.24. The number of hydrogen-bond donors (Lipinski definition) is 1. The lowest BCUT2D eigenvalue weighted by Crippen LogP contribution is -2.36. The molecule has 0 aliphatic heterocycles. The Morgan fingerprint density at radius 2 is 2.25 bits per heavy atom. The van der Waals surface area contributed by atoms with Gasteiger partial charge in [-0.3, -0.25) is 0 Å². The summed E-state index contributed by atoms with van der Waals surface area (Å²) in [5.74, 6) is 0.524. The topological polar surface area (TPSA) is 52.0 Å². The normalized spacial score (nSPS) is 21.2. The Labute approximate surface area is 144 Å². The van der Waals surface area contributed by atoms with Crippen molar-refractivity contribution in [3.63, 3.8) is 0 Å². The largest absolute Gasteiger partial charge is 0.489 e. The van der Waals surface area contributed by atoms with Crippen molar-refractivity contribution in [2.24, 2.45) is 0 Å². The summed E-state index contributed by atoms with van der Waals surface area (Å²) in [6.07, 6.45) is 6.82. The van der Waals surface area contributed by atoms with Gasteiger partial charge in [0.2, 0.25) is 0 Å². The molecule has 0 bridgehead atoms. The number of nitrogens with zero attached hydrogens (tertiary/aromatic N) is 3. The van der Waals surface area contributed by atoms with E-state index in [0.29, 0.717) is 32.9 Å². The zero-order valence-electron chi connectivity index (χ0n) is 13.3. The Bertz CT molecular complexity index is 694. The monoisotopic (exact) mass is 356 g/mol. The van der Waals surface area contributed by atoms with Gasteiger partial charge >= 0.3 is 6.55 Å². The van der Waals surface area contributed by atoms with Gasteiger partial charge in [-0.15, -0.1) is 0 Å². The van der Waals surface area contributed by atoms with Crippen molar-refractivity contribution in [1.29, 1.82) is 0 Å². The van der Waals surface area contributed by atoms with Gasteiger partial charge in [0.15, 0.2) is 0 Å². The molecule has 24 heavy (non-hydrogen) atoms. The molecule has 1 aliphatic carbocycles. The second-order valence-electron chi connectivity index (χ2n) is 5.85. The number of rotatable bonds is 5. The van der Waals surface area contributed by atoms with E-state index in [9.17, 15) is 8.78 Å². The summed E-state index contributed by atoms with van der Waals surface area (Å²) in [4.78, 5) is 4.03. The minimum absolute atomic E-state index is 0.0469. The lowest BCUT2D eigenvalue weighted by molar-refractivity contribution is 0.0568. The molecule has 0 radical (unpaired) electrons. The third-order valence-electron chi connectivity index (χ3n) is 4.24. The average molecular weight is 357 g/mol. The number of ether oxygens (including phenoxy) is 1. The average Bonchev–Trinajstić information content (AvgIpc) is 3.05. The molecule has 0 aromatic carbocycles. The summed E-state index contributed by atoms with van der Waals surface area (Å²) in [6.45, 7) is -2.68. The van der Waals surface area contributed by atoms with Crippen LogP contribution in [0.15, 0.2) is 24.5 Å². The summed E-state index contributed by atoms with van der Waals surface area (Å²) in [5, 5.41) is 7.46. The fourth-order valence-corrected chi connectivity index (χ4v) is 3.13. The highest BCUT2D eigenvalue weighted by Crippen LogP contribution is 2.33. The van der Waals surface area contributed by atoms with Crippen molar-refractivity contribution in [3.05, 3.63) is 29.7 Å². The van der Waals surface area contributed by atoms with Crippen LogP contribution < -0.4 is 10.1 Å². The molecule has 1 N–H and O–H groups in total. The summed E-state index contributed by atoms with van der Waals surface area (Å²) < 4.78 is 32.2. The molecule has 2 aromatic rings. The van der Waals surface area contributed by atoms with Crippen LogP contribution in [0, 0.1) is 0 Å². The van der Waals surface area contributed by atoms with Gasteiger partial charge in [0.25, 0.3) is 0 Å². The third-order valence-corrected chi connectivity index (χ3v) is 4.45. The molecular formula is C16H19ClF2N4O. The smallest absolute Gasteiger partial charge is 0.333 e. The lowest BCUT2D eigenvalue weighted by Gasteiger charge is -2.29. The van der Waals surface area contributed by atoms with E-state index in [1.54, 1.807) is 6.07 Å². The van der Waals surface area contributed by atoms with E-state index < -0.39 is 6.55 Å². The standard InChI is InChI=1S/C16H19ClF2N4O/c1-20-10-3-2-4-11(7-10)24-14-8-15(17)21-9-12(14)13-5-6-23(22-13)16(18)19/h5-6,8-11,16,20H,2-4,7H2,1H3/t10-,11-/m0/s1. The Morgan fingerprint density at radius 1 is 1.42 bits per heavy atom. The first-order chi connectivity index (χ1) is 11.6. The molecule has 1 aliphatic rings. The molecule has 0 unspecified atom stereocenters. The molecule has 1 fully saturated rings. The second kappa shape index (κ2) is 7.44. The van der Waals surface area contributed by atoms with E-state index in [2.05, 4.69) is 15.4 Å². The Kier molecular flexibility index (Phi) is 5.30. The highest BCUT2D eigenvalue weighted by molar-refractivity contribution is 6.29. The van der Waals surface area contributed by atoms with Crippen LogP contribution >= 0.6 is 11.6 Å². The first-order valence-corrected chi connectivity index (χ1v) is 8.27. The van der Waals surface area contributed by atoms with E-state index in [0.717, 1.165) is 25.7 Å². The van der Waals surface area contributed by atoms with Crippen LogP contribution in [-0.4, -0.2) is 34.0 Å². The van der Waals surface area contributed by atoms with Crippen molar-refractivity contribution < 1.29 is 13.5 Å². The number of pyridine rings is 1. The van der Waals surface area contributed by atoms with Gasteiger partial charge < -0.3 is 10.1 Å². The molecule has 0 saturated heterocycles. The summed E-state index contributed by atoms with van der Waals surface area (Å²) in [7, 11) is 1.94. The molecule has 0 amide bonds. The van der Waals surface area contributed by atoms with E-state index >= 15 is 0 Å². The number of hydrogen-bond acceptors (Lipinski definition) is 4. The van der Waals surface area contributed by atoms with Gasteiger partial charge in [-0.2, -0.15) is 13.9 Å². The zero-order chi connectivity index (χ0) is 17.1. The van der Waals surface area contributed by atoms with Gasteiger partial charge in [-0.25, -0.2) is 9.67 Å². The molecule has 5 nitrogen and oxygen atoms in total. The van der Waals surface area contributed by atoms with E-state index in [4.69, 9.17) is 16.3 Å². The third kappa shape index (κ3) is 3.84. The van der Waals surface area contributed by atoms with Crippen LogP contribution in [0.2, 0.25) is 5.15 Å². The summed E-state index contributed by atoms with van der Waals surface area (Å²) in [6, 6.07) is 3.55. The maximum Gasteiger partial charge on any atom is 0.333 e. The maximum absolute atomic E-state index is 12.7. The molecule has 8 heteroatoms. The summed E-state index contributed by atoms with van der Waals surface area (Å²) in [5.41, 5.74) is 0.945. The van der Waals surface area contributed by atoms with Gasteiger partial charge in [-0.1, -0.05) is 11.6 Å². The van der Waals surface area contributed by atoms with Crippen LogP contribution in [-0.2, 0) is 0 Å². The summed E-state index contributed by atoms with van der Waals surface area (Å²) >= 11 is 5.98. The van der Waals surface area contributed by atoms with Gasteiger partial charge in [0.1, 0.15) is 17.0 Å². The zero-order valence-corrected chi connectivity index (χ0v) is 14.0. The predicted molar refractivity (Wildman–Crippen MR) is 87.5 cm³/mol. The molecule has 3 rings (SSSR count). The Hall–Kier alpha value is -1.73. The van der Waals surface area contributed by atoms with Crippen molar-refractivity contribution in [1.82, 2.24) is 20.1 Å². The SMILES string of the molecule is CN[C@H]1CCC[C@H](Oc2cc(Cl)ncc2-c2ccn(C(F)F)n2)C1. The first-order valence-electron chi connectivity index (χ1n) is 7.90. The maximum atomic E-state index is 12.7. The van der Waals surface area contributed by atoms with Gasteiger partial charge in [0, 0.05) is 24.5 Å². The van der Waals surface area contributed by atoms with E-state index in [1.807, 2.05) is 7.05 Å². The Balaban J connectivity index is 1.85.